The lowest BCUT2D eigenvalue weighted by molar-refractivity contribution is -0.137. The van der Waals surface area contributed by atoms with Crippen LogP contribution in [0.25, 0.3) is 10.9 Å². The van der Waals surface area contributed by atoms with Gasteiger partial charge in [0.25, 0.3) is 0 Å². The second kappa shape index (κ2) is 7.78. The zero-order valence-electron chi connectivity index (χ0n) is 15.2. The molecule has 2 aromatic carbocycles. The van der Waals surface area contributed by atoms with E-state index in [4.69, 9.17) is 9.84 Å². The summed E-state index contributed by atoms with van der Waals surface area (Å²) in [6.45, 7) is 0.432. The van der Waals surface area contributed by atoms with Gasteiger partial charge in [0, 0.05) is 11.8 Å². The molecule has 0 fully saturated rings. The molecule has 138 valence electrons. The fourth-order valence-electron chi connectivity index (χ4n) is 3.88. The van der Waals surface area contributed by atoms with E-state index in [2.05, 4.69) is 23.2 Å². The first kappa shape index (κ1) is 17.5. The van der Waals surface area contributed by atoms with Crippen LogP contribution >= 0.6 is 0 Å². The van der Waals surface area contributed by atoms with E-state index in [1.165, 1.54) is 11.1 Å². The second-order valence-electron chi connectivity index (χ2n) is 7.22. The largest absolute Gasteiger partial charge is 0.487 e. The summed E-state index contributed by atoms with van der Waals surface area (Å²) in [6, 6.07) is 18.4. The average molecular weight is 361 g/mol. The normalized spacial score (nSPS) is 16.1. The average Bonchev–Trinajstić information content (AvgIpc) is 2.70. The molecular weight excluding hydrogens is 338 g/mol. The maximum Gasteiger partial charge on any atom is 0.303 e. The number of hydrogen-bond donors (Lipinski definition) is 1. The van der Waals surface area contributed by atoms with Gasteiger partial charge >= 0.3 is 5.97 Å². The van der Waals surface area contributed by atoms with Gasteiger partial charge in [0.1, 0.15) is 12.4 Å². The van der Waals surface area contributed by atoms with E-state index in [0.717, 1.165) is 48.0 Å². The highest BCUT2D eigenvalue weighted by Crippen LogP contribution is 2.34. The Morgan fingerprint density at radius 1 is 1.11 bits per heavy atom. The molecule has 4 nitrogen and oxygen atoms in total. The van der Waals surface area contributed by atoms with Gasteiger partial charge in [-0.2, -0.15) is 0 Å². The molecule has 27 heavy (non-hydrogen) atoms. The molecule has 0 saturated carbocycles. The lowest BCUT2D eigenvalue weighted by atomic mass is 9.81. The van der Waals surface area contributed by atoms with Crippen molar-refractivity contribution >= 4 is 16.9 Å². The standard InChI is InChI=1S/C23H23NO3/c25-23(26)13-9-16-8-10-17-5-3-7-22(20(17)14-16)27-15-19-12-11-18-4-1-2-6-21(18)24-19/h1-7,11-12,16H,8-10,13-15H2,(H,25,26). The molecule has 0 spiro atoms. The summed E-state index contributed by atoms with van der Waals surface area (Å²) < 4.78 is 6.13. The molecule has 1 heterocycles. The minimum atomic E-state index is -0.715. The van der Waals surface area contributed by atoms with Crippen molar-refractivity contribution in [3.8, 4) is 5.75 Å². The summed E-state index contributed by atoms with van der Waals surface area (Å²) in [7, 11) is 0. The molecule has 0 aliphatic heterocycles. The number of aromatic nitrogens is 1. The third-order valence-electron chi connectivity index (χ3n) is 5.34. The first-order valence-electron chi connectivity index (χ1n) is 9.49. The number of aliphatic carboxylic acids is 1. The van der Waals surface area contributed by atoms with Crippen molar-refractivity contribution in [2.24, 2.45) is 5.92 Å². The number of para-hydroxylation sites is 1. The Balaban J connectivity index is 1.48. The van der Waals surface area contributed by atoms with Crippen LogP contribution in [-0.4, -0.2) is 16.1 Å². The van der Waals surface area contributed by atoms with Crippen LogP contribution in [0, 0.1) is 5.92 Å². The smallest absolute Gasteiger partial charge is 0.303 e. The molecule has 3 aromatic rings. The van der Waals surface area contributed by atoms with Crippen molar-refractivity contribution in [2.45, 2.75) is 38.7 Å². The molecule has 1 aliphatic rings. The maximum absolute atomic E-state index is 10.9. The third-order valence-corrected chi connectivity index (χ3v) is 5.34. The lowest BCUT2D eigenvalue weighted by Crippen LogP contribution is -2.16. The van der Waals surface area contributed by atoms with E-state index >= 15 is 0 Å². The number of aryl methyl sites for hydroxylation is 1. The summed E-state index contributed by atoms with van der Waals surface area (Å²) in [5.41, 5.74) is 4.44. The van der Waals surface area contributed by atoms with Gasteiger partial charge in [-0.3, -0.25) is 4.79 Å². The van der Waals surface area contributed by atoms with Crippen LogP contribution in [0.5, 0.6) is 5.75 Å². The number of nitrogens with zero attached hydrogens (tertiary/aromatic N) is 1. The predicted octanol–water partition coefficient (Wildman–Crippen LogP) is 4.78. The highest BCUT2D eigenvalue weighted by atomic mass is 16.5. The van der Waals surface area contributed by atoms with Crippen LogP contribution in [0.15, 0.2) is 54.6 Å². The zero-order chi connectivity index (χ0) is 18.6. The van der Waals surface area contributed by atoms with Crippen molar-refractivity contribution in [3.05, 3.63) is 71.4 Å². The van der Waals surface area contributed by atoms with Gasteiger partial charge in [-0.25, -0.2) is 4.98 Å². The van der Waals surface area contributed by atoms with Gasteiger partial charge < -0.3 is 9.84 Å². The molecule has 4 rings (SSSR count). The van der Waals surface area contributed by atoms with E-state index in [-0.39, 0.29) is 6.42 Å². The van der Waals surface area contributed by atoms with Crippen LogP contribution in [-0.2, 0) is 24.2 Å². The topological polar surface area (TPSA) is 59.4 Å². The number of benzene rings is 2. The quantitative estimate of drug-likeness (QED) is 0.686. The summed E-state index contributed by atoms with van der Waals surface area (Å²) in [5, 5.41) is 10.1. The second-order valence-corrected chi connectivity index (χ2v) is 7.22. The minimum absolute atomic E-state index is 0.240. The number of fused-ring (bicyclic) bond motifs is 2. The van der Waals surface area contributed by atoms with Crippen LogP contribution in [0.1, 0.15) is 36.1 Å². The van der Waals surface area contributed by atoms with Crippen LogP contribution in [0.4, 0.5) is 0 Å². The Morgan fingerprint density at radius 2 is 2.00 bits per heavy atom. The Bertz CT molecular complexity index is 967. The van der Waals surface area contributed by atoms with Crippen molar-refractivity contribution in [3.63, 3.8) is 0 Å². The summed E-state index contributed by atoms with van der Waals surface area (Å²) in [4.78, 5) is 15.6. The van der Waals surface area contributed by atoms with E-state index in [9.17, 15) is 4.79 Å². The number of carboxylic acids is 1. The number of hydrogen-bond acceptors (Lipinski definition) is 3. The van der Waals surface area contributed by atoms with E-state index in [1.807, 2.05) is 36.4 Å². The van der Waals surface area contributed by atoms with Crippen LogP contribution in [0.2, 0.25) is 0 Å². The lowest BCUT2D eigenvalue weighted by Gasteiger charge is -2.26. The predicted molar refractivity (Wildman–Crippen MR) is 105 cm³/mol. The molecule has 1 aromatic heterocycles. The Kier molecular flexibility index (Phi) is 5.05. The number of carboxylic acid groups (broad SMARTS) is 1. The maximum atomic E-state index is 10.9. The molecule has 0 radical (unpaired) electrons. The summed E-state index contributed by atoms with van der Waals surface area (Å²) >= 11 is 0. The fourth-order valence-corrected chi connectivity index (χ4v) is 3.88. The van der Waals surface area contributed by atoms with Gasteiger partial charge in [0.15, 0.2) is 0 Å². The van der Waals surface area contributed by atoms with E-state index in [0.29, 0.717) is 12.5 Å². The molecule has 1 aliphatic carbocycles. The van der Waals surface area contributed by atoms with Crippen molar-refractivity contribution in [2.75, 3.05) is 0 Å². The molecule has 0 saturated heterocycles. The van der Waals surface area contributed by atoms with Gasteiger partial charge in [-0.05, 0) is 60.9 Å². The zero-order valence-corrected chi connectivity index (χ0v) is 15.2. The molecule has 4 heteroatoms. The van der Waals surface area contributed by atoms with Crippen molar-refractivity contribution in [1.29, 1.82) is 0 Å². The van der Waals surface area contributed by atoms with Gasteiger partial charge in [-0.1, -0.05) is 36.4 Å². The molecular formula is C23H23NO3. The van der Waals surface area contributed by atoms with Crippen molar-refractivity contribution < 1.29 is 14.6 Å². The number of pyridine rings is 1. The van der Waals surface area contributed by atoms with Gasteiger partial charge in [0.2, 0.25) is 0 Å². The highest BCUT2D eigenvalue weighted by molar-refractivity contribution is 5.78. The van der Waals surface area contributed by atoms with Crippen molar-refractivity contribution in [1.82, 2.24) is 4.98 Å². The summed E-state index contributed by atoms with van der Waals surface area (Å²) in [5.74, 6) is 0.604. The Labute approximate surface area is 158 Å². The van der Waals surface area contributed by atoms with Gasteiger partial charge in [0.05, 0.1) is 11.2 Å². The van der Waals surface area contributed by atoms with E-state index in [1.54, 1.807) is 0 Å². The molecule has 0 bridgehead atoms. The molecule has 1 N–H and O–H groups in total. The monoisotopic (exact) mass is 361 g/mol. The Morgan fingerprint density at radius 3 is 2.89 bits per heavy atom. The highest BCUT2D eigenvalue weighted by Gasteiger charge is 2.22. The first-order chi connectivity index (χ1) is 13.2. The molecule has 0 amide bonds. The summed E-state index contributed by atoms with van der Waals surface area (Å²) in [6.07, 6.45) is 3.91. The number of rotatable bonds is 6. The van der Waals surface area contributed by atoms with E-state index < -0.39 is 5.97 Å². The minimum Gasteiger partial charge on any atom is -0.487 e. The number of carbonyl (C=O) groups is 1. The SMILES string of the molecule is O=C(O)CCC1CCc2cccc(OCc3ccc4ccccc4n3)c2C1. The van der Waals surface area contributed by atoms with Crippen LogP contribution < -0.4 is 4.74 Å². The third kappa shape index (κ3) is 4.11. The van der Waals surface area contributed by atoms with Gasteiger partial charge in [-0.15, -0.1) is 0 Å². The molecule has 1 atom stereocenters. The fraction of sp³-hybridized carbons (Fsp3) is 0.304. The number of ether oxygens (including phenoxy) is 1. The first-order valence-corrected chi connectivity index (χ1v) is 9.49. The molecule has 1 unspecified atom stereocenters. The Hall–Kier alpha value is -2.88. The van der Waals surface area contributed by atoms with Crippen LogP contribution in [0.3, 0.4) is 0 Å².